The number of benzene rings is 2. The molecule has 0 radical (unpaired) electrons. The van der Waals surface area contributed by atoms with Crippen LogP contribution in [0.3, 0.4) is 0 Å². The quantitative estimate of drug-likeness (QED) is 0.880. The van der Waals surface area contributed by atoms with Gasteiger partial charge in [0.05, 0.1) is 4.90 Å². The largest absolute Gasteiger partial charge is 0.274 e. The minimum absolute atomic E-state index is 0.0927. The minimum Gasteiger partial charge on any atom is -0.274 e. The number of carbonyl (C=O) groups excluding carboxylic acids is 1. The molecule has 2 rings (SSSR count). The fourth-order valence-corrected chi connectivity index (χ4v) is 3.15. The van der Waals surface area contributed by atoms with Gasteiger partial charge in [-0.3, -0.25) is 4.79 Å². The van der Waals surface area contributed by atoms with E-state index in [1.54, 1.807) is 12.1 Å². The Morgan fingerprint density at radius 1 is 0.957 bits per heavy atom. The summed E-state index contributed by atoms with van der Waals surface area (Å²) >= 11 is 0. The molecule has 2 aromatic rings. The van der Waals surface area contributed by atoms with Crippen LogP contribution in [-0.2, 0) is 14.8 Å². The van der Waals surface area contributed by atoms with Crippen LogP contribution in [0.2, 0.25) is 0 Å². The lowest BCUT2D eigenvalue weighted by molar-refractivity contribution is -0.119. The molecule has 23 heavy (non-hydrogen) atoms. The summed E-state index contributed by atoms with van der Waals surface area (Å²) in [6, 6.07) is 16.2. The van der Waals surface area contributed by atoms with Gasteiger partial charge in [-0.25, -0.2) is 13.1 Å². The van der Waals surface area contributed by atoms with Crippen molar-refractivity contribution in [2.45, 2.75) is 31.6 Å². The van der Waals surface area contributed by atoms with E-state index in [1.165, 1.54) is 12.1 Å². The van der Waals surface area contributed by atoms with Crippen molar-refractivity contribution in [1.82, 2.24) is 4.72 Å². The highest BCUT2D eigenvalue weighted by atomic mass is 32.2. The maximum Gasteiger partial charge on any atom is 0.264 e. The molecule has 0 spiro atoms. The first kappa shape index (κ1) is 17.2. The van der Waals surface area contributed by atoms with E-state index in [0.29, 0.717) is 12.3 Å². The molecular formula is C18H21NO3S. The van der Waals surface area contributed by atoms with Gasteiger partial charge in [-0.15, -0.1) is 0 Å². The highest BCUT2D eigenvalue weighted by molar-refractivity contribution is 7.90. The normalized spacial score (nSPS) is 11.4. The molecule has 5 heteroatoms. The van der Waals surface area contributed by atoms with E-state index in [2.05, 4.69) is 4.72 Å². The standard InChI is InChI=1S/C18H21NO3S/c1-14(2)8-13-18(20)19-23(21,22)17-11-9-16(10-12-17)15-6-4-3-5-7-15/h3-7,9-12,14H,8,13H2,1-2H3,(H,19,20). The zero-order valence-corrected chi connectivity index (χ0v) is 14.1. The molecule has 0 bridgehead atoms. The number of rotatable bonds is 6. The molecule has 122 valence electrons. The van der Waals surface area contributed by atoms with E-state index in [0.717, 1.165) is 11.1 Å². The topological polar surface area (TPSA) is 63.2 Å². The summed E-state index contributed by atoms with van der Waals surface area (Å²) in [4.78, 5) is 11.8. The Morgan fingerprint density at radius 3 is 2.09 bits per heavy atom. The third-order valence-electron chi connectivity index (χ3n) is 3.47. The maximum absolute atomic E-state index is 12.2. The molecule has 0 heterocycles. The summed E-state index contributed by atoms with van der Waals surface area (Å²) in [6.45, 7) is 3.98. The fraction of sp³-hybridized carbons (Fsp3) is 0.278. The third kappa shape index (κ3) is 4.93. The number of amides is 1. The van der Waals surface area contributed by atoms with E-state index < -0.39 is 15.9 Å². The van der Waals surface area contributed by atoms with Crippen molar-refractivity contribution in [3.63, 3.8) is 0 Å². The molecule has 0 saturated carbocycles. The Bertz CT molecular complexity index is 751. The Morgan fingerprint density at radius 2 is 1.52 bits per heavy atom. The second-order valence-electron chi connectivity index (χ2n) is 5.85. The Balaban J connectivity index is 2.10. The van der Waals surface area contributed by atoms with Gasteiger partial charge in [0.2, 0.25) is 5.91 Å². The number of carbonyl (C=O) groups is 1. The van der Waals surface area contributed by atoms with Gasteiger partial charge in [0.1, 0.15) is 0 Å². The van der Waals surface area contributed by atoms with E-state index in [1.807, 2.05) is 44.2 Å². The van der Waals surface area contributed by atoms with Crippen molar-refractivity contribution in [3.8, 4) is 11.1 Å². The van der Waals surface area contributed by atoms with Gasteiger partial charge in [-0.05, 0) is 35.6 Å². The Labute approximate surface area is 137 Å². The summed E-state index contributed by atoms with van der Waals surface area (Å²) in [5, 5.41) is 0. The Kier molecular flexibility index (Phi) is 5.55. The van der Waals surface area contributed by atoms with Crippen molar-refractivity contribution < 1.29 is 13.2 Å². The van der Waals surface area contributed by atoms with Gasteiger partial charge in [0.15, 0.2) is 0 Å². The number of sulfonamides is 1. The number of nitrogens with one attached hydrogen (secondary N) is 1. The number of hydrogen-bond acceptors (Lipinski definition) is 3. The molecule has 1 amide bonds. The predicted octanol–water partition coefficient (Wildman–Crippen LogP) is 3.59. The van der Waals surface area contributed by atoms with Gasteiger partial charge >= 0.3 is 0 Å². The highest BCUT2D eigenvalue weighted by Gasteiger charge is 2.17. The maximum atomic E-state index is 12.2. The smallest absolute Gasteiger partial charge is 0.264 e. The zero-order valence-electron chi connectivity index (χ0n) is 13.3. The first-order valence-corrected chi connectivity index (χ1v) is 9.08. The van der Waals surface area contributed by atoms with Crippen LogP contribution in [0.15, 0.2) is 59.5 Å². The summed E-state index contributed by atoms with van der Waals surface area (Å²) in [7, 11) is -3.81. The molecule has 0 aromatic heterocycles. The predicted molar refractivity (Wildman–Crippen MR) is 91.3 cm³/mol. The summed E-state index contributed by atoms with van der Waals surface area (Å²) in [6.07, 6.45) is 0.868. The second kappa shape index (κ2) is 7.42. The molecular weight excluding hydrogens is 310 g/mol. The van der Waals surface area contributed by atoms with Crippen molar-refractivity contribution in [2.24, 2.45) is 5.92 Å². The molecule has 0 fully saturated rings. The van der Waals surface area contributed by atoms with E-state index >= 15 is 0 Å². The van der Waals surface area contributed by atoms with E-state index in [9.17, 15) is 13.2 Å². The highest BCUT2D eigenvalue weighted by Crippen LogP contribution is 2.21. The lowest BCUT2D eigenvalue weighted by Gasteiger charge is -2.09. The molecule has 0 saturated heterocycles. The molecule has 2 aromatic carbocycles. The first-order chi connectivity index (χ1) is 10.9. The van der Waals surface area contributed by atoms with Crippen LogP contribution in [0.1, 0.15) is 26.7 Å². The molecule has 0 atom stereocenters. The molecule has 0 unspecified atom stereocenters. The molecule has 0 aliphatic carbocycles. The van der Waals surface area contributed by atoms with Gasteiger partial charge in [0, 0.05) is 6.42 Å². The minimum atomic E-state index is -3.81. The monoisotopic (exact) mass is 331 g/mol. The van der Waals surface area contributed by atoms with Gasteiger partial charge in [0.25, 0.3) is 10.0 Å². The molecule has 1 N–H and O–H groups in total. The zero-order chi connectivity index (χ0) is 16.9. The third-order valence-corrected chi connectivity index (χ3v) is 4.86. The fourth-order valence-electron chi connectivity index (χ4n) is 2.14. The van der Waals surface area contributed by atoms with Crippen LogP contribution in [-0.4, -0.2) is 14.3 Å². The SMILES string of the molecule is CC(C)CCC(=O)NS(=O)(=O)c1ccc(-c2ccccc2)cc1. The van der Waals surface area contributed by atoms with Gasteiger partial charge in [-0.1, -0.05) is 56.3 Å². The summed E-state index contributed by atoms with van der Waals surface area (Å²) in [5.74, 6) is -0.112. The van der Waals surface area contributed by atoms with E-state index in [-0.39, 0.29) is 11.3 Å². The molecule has 4 nitrogen and oxygen atoms in total. The summed E-state index contributed by atoms with van der Waals surface area (Å²) < 4.78 is 26.5. The summed E-state index contributed by atoms with van der Waals surface area (Å²) in [5.41, 5.74) is 1.94. The van der Waals surface area contributed by atoms with Crippen molar-refractivity contribution in [3.05, 3.63) is 54.6 Å². The van der Waals surface area contributed by atoms with Gasteiger partial charge in [-0.2, -0.15) is 0 Å². The average Bonchev–Trinajstić information content (AvgIpc) is 2.53. The van der Waals surface area contributed by atoms with Crippen LogP contribution in [0, 0.1) is 5.92 Å². The lowest BCUT2D eigenvalue weighted by atomic mass is 10.1. The second-order valence-corrected chi connectivity index (χ2v) is 7.53. The van der Waals surface area contributed by atoms with Crippen LogP contribution >= 0.6 is 0 Å². The van der Waals surface area contributed by atoms with Crippen LogP contribution in [0.4, 0.5) is 0 Å². The van der Waals surface area contributed by atoms with Crippen LogP contribution in [0.25, 0.3) is 11.1 Å². The average molecular weight is 331 g/mol. The van der Waals surface area contributed by atoms with Crippen molar-refractivity contribution >= 4 is 15.9 Å². The van der Waals surface area contributed by atoms with Crippen LogP contribution in [0.5, 0.6) is 0 Å². The molecule has 0 aliphatic rings. The van der Waals surface area contributed by atoms with Gasteiger partial charge < -0.3 is 0 Å². The van der Waals surface area contributed by atoms with Crippen LogP contribution < -0.4 is 4.72 Å². The lowest BCUT2D eigenvalue weighted by Crippen LogP contribution is -2.30. The Hall–Kier alpha value is -2.14. The van der Waals surface area contributed by atoms with Crippen molar-refractivity contribution in [2.75, 3.05) is 0 Å². The van der Waals surface area contributed by atoms with Crippen molar-refractivity contribution in [1.29, 1.82) is 0 Å². The number of hydrogen-bond donors (Lipinski definition) is 1. The first-order valence-electron chi connectivity index (χ1n) is 7.59. The van der Waals surface area contributed by atoms with E-state index in [4.69, 9.17) is 0 Å². The molecule has 0 aliphatic heterocycles.